The van der Waals surface area contributed by atoms with Crippen molar-refractivity contribution in [1.82, 2.24) is 5.43 Å². The number of ether oxygens (including phenoxy) is 2. The molecule has 1 N–H and O–H groups in total. The minimum atomic E-state index is -0.362. The molecule has 114 valence electrons. The van der Waals surface area contributed by atoms with Gasteiger partial charge in [-0.05, 0) is 30.3 Å². The average molecular weight is 319 g/mol. The van der Waals surface area contributed by atoms with Gasteiger partial charge in [-0.1, -0.05) is 29.8 Å². The van der Waals surface area contributed by atoms with E-state index in [-0.39, 0.29) is 12.5 Å². The lowest BCUT2D eigenvalue weighted by Gasteiger charge is -2.05. The maximum Gasteiger partial charge on any atom is 0.277 e. The van der Waals surface area contributed by atoms with Crippen molar-refractivity contribution in [3.05, 3.63) is 59.1 Å². The maximum atomic E-state index is 11.6. The lowest BCUT2D eigenvalue weighted by molar-refractivity contribution is -0.123. The Kier molecular flexibility index (Phi) is 5.80. The first-order valence-corrected chi connectivity index (χ1v) is 6.90. The van der Waals surface area contributed by atoms with Crippen LogP contribution in [0, 0.1) is 0 Å². The highest BCUT2D eigenvalue weighted by Crippen LogP contribution is 2.16. The first kappa shape index (κ1) is 15.9. The molecule has 2 aromatic rings. The molecular formula is C16H15ClN2O3. The second-order valence-electron chi connectivity index (χ2n) is 4.28. The van der Waals surface area contributed by atoms with Crippen molar-refractivity contribution in [2.75, 3.05) is 13.7 Å². The molecule has 0 aliphatic carbocycles. The topological polar surface area (TPSA) is 59.9 Å². The van der Waals surface area contributed by atoms with E-state index in [1.54, 1.807) is 43.5 Å². The molecule has 0 heterocycles. The Hall–Kier alpha value is -2.53. The highest BCUT2D eigenvalue weighted by Gasteiger charge is 2.02. The maximum absolute atomic E-state index is 11.6. The molecule has 0 aliphatic heterocycles. The minimum absolute atomic E-state index is 0.133. The molecule has 22 heavy (non-hydrogen) atoms. The van der Waals surface area contributed by atoms with E-state index in [2.05, 4.69) is 10.5 Å². The van der Waals surface area contributed by atoms with Gasteiger partial charge < -0.3 is 9.47 Å². The van der Waals surface area contributed by atoms with Crippen LogP contribution in [0.15, 0.2) is 53.6 Å². The summed E-state index contributed by atoms with van der Waals surface area (Å²) in [7, 11) is 1.58. The largest absolute Gasteiger partial charge is 0.497 e. The monoisotopic (exact) mass is 318 g/mol. The summed E-state index contributed by atoms with van der Waals surface area (Å²) >= 11 is 5.97. The summed E-state index contributed by atoms with van der Waals surface area (Å²) in [6, 6.07) is 14.1. The van der Waals surface area contributed by atoms with Crippen LogP contribution in [0.1, 0.15) is 5.56 Å². The van der Waals surface area contributed by atoms with Crippen molar-refractivity contribution >= 4 is 23.7 Å². The van der Waals surface area contributed by atoms with Gasteiger partial charge in [-0.15, -0.1) is 0 Å². The van der Waals surface area contributed by atoms with E-state index in [0.29, 0.717) is 10.8 Å². The van der Waals surface area contributed by atoms with Gasteiger partial charge in [0.15, 0.2) is 6.61 Å². The summed E-state index contributed by atoms with van der Waals surface area (Å²) < 4.78 is 10.4. The molecule has 0 radical (unpaired) electrons. The molecule has 1 amide bonds. The zero-order chi connectivity index (χ0) is 15.8. The van der Waals surface area contributed by atoms with Gasteiger partial charge in [0.25, 0.3) is 5.91 Å². The number of methoxy groups -OCH3 is 1. The third-order valence-corrected chi connectivity index (χ3v) is 3.07. The summed E-state index contributed by atoms with van der Waals surface area (Å²) in [6.07, 6.45) is 1.48. The van der Waals surface area contributed by atoms with Crippen molar-refractivity contribution < 1.29 is 14.3 Å². The Morgan fingerprint density at radius 2 is 1.86 bits per heavy atom. The Balaban J connectivity index is 1.79. The van der Waals surface area contributed by atoms with E-state index in [4.69, 9.17) is 21.1 Å². The number of hydrazone groups is 1. The quantitative estimate of drug-likeness (QED) is 0.658. The molecule has 5 nitrogen and oxygen atoms in total. The van der Waals surface area contributed by atoms with Crippen LogP contribution in [-0.4, -0.2) is 25.8 Å². The average Bonchev–Trinajstić information content (AvgIpc) is 2.55. The lowest BCUT2D eigenvalue weighted by Crippen LogP contribution is -2.24. The van der Waals surface area contributed by atoms with Gasteiger partial charge in [0.2, 0.25) is 0 Å². The predicted octanol–water partition coefficient (Wildman–Crippen LogP) is 2.88. The number of nitrogens with zero attached hydrogens (tertiary/aromatic N) is 1. The molecule has 2 aromatic carbocycles. The van der Waals surface area contributed by atoms with Gasteiger partial charge in [0.05, 0.1) is 13.3 Å². The molecule has 0 atom stereocenters. The summed E-state index contributed by atoms with van der Waals surface area (Å²) in [6.45, 7) is -0.133. The van der Waals surface area contributed by atoms with Crippen molar-refractivity contribution in [3.63, 3.8) is 0 Å². The number of hydrogen-bond donors (Lipinski definition) is 1. The van der Waals surface area contributed by atoms with Gasteiger partial charge in [0, 0.05) is 10.6 Å². The highest BCUT2D eigenvalue weighted by atomic mass is 35.5. The first-order chi connectivity index (χ1) is 10.7. The van der Waals surface area contributed by atoms with Crippen LogP contribution in [0.4, 0.5) is 0 Å². The number of halogens is 1. The number of rotatable bonds is 6. The summed E-state index contributed by atoms with van der Waals surface area (Å²) in [5.74, 6) is 0.936. The molecule has 0 fully saturated rings. The second-order valence-corrected chi connectivity index (χ2v) is 4.69. The number of amides is 1. The van der Waals surface area contributed by atoms with Gasteiger partial charge in [-0.2, -0.15) is 5.10 Å². The Morgan fingerprint density at radius 3 is 2.55 bits per heavy atom. The van der Waals surface area contributed by atoms with E-state index >= 15 is 0 Å². The molecule has 0 spiro atoms. The zero-order valence-corrected chi connectivity index (χ0v) is 12.7. The Bertz CT molecular complexity index is 657. The molecule has 0 aliphatic rings. The fourth-order valence-corrected chi connectivity index (χ4v) is 1.79. The SMILES string of the molecule is COc1ccc(OCC(=O)NN=Cc2ccccc2Cl)cc1. The minimum Gasteiger partial charge on any atom is -0.497 e. The van der Waals surface area contributed by atoms with Crippen LogP contribution >= 0.6 is 11.6 Å². The van der Waals surface area contributed by atoms with Crippen LogP contribution in [0.25, 0.3) is 0 Å². The van der Waals surface area contributed by atoms with E-state index < -0.39 is 0 Å². The second kappa shape index (κ2) is 8.05. The van der Waals surface area contributed by atoms with Crippen LogP contribution in [-0.2, 0) is 4.79 Å². The number of hydrogen-bond acceptors (Lipinski definition) is 4. The Morgan fingerprint density at radius 1 is 1.18 bits per heavy atom. The smallest absolute Gasteiger partial charge is 0.277 e. The summed E-state index contributed by atoms with van der Waals surface area (Å²) in [5, 5.41) is 4.40. The Labute approximate surface area is 133 Å². The van der Waals surface area contributed by atoms with Crippen LogP contribution < -0.4 is 14.9 Å². The summed E-state index contributed by atoms with van der Waals surface area (Å²) in [5.41, 5.74) is 3.10. The molecule has 0 unspecified atom stereocenters. The normalized spacial score (nSPS) is 10.5. The fourth-order valence-electron chi connectivity index (χ4n) is 1.61. The van der Waals surface area contributed by atoms with Gasteiger partial charge in [-0.3, -0.25) is 4.79 Å². The van der Waals surface area contributed by atoms with E-state index in [1.165, 1.54) is 6.21 Å². The van der Waals surface area contributed by atoms with Crippen LogP contribution in [0.2, 0.25) is 5.02 Å². The van der Waals surface area contributed by atoms with E-state index in [0.717, 1.165) is 11.3 Å². The van der Waals surface area contributed by atoms with Crippen molar-refractivity contribution in [2.24, 2.45) is 5.10 Å². The molecule has 0 saturated heterocycles. The third kappa shape index (κ3) is 4.79. The van der Waals surface area contributed by atoms with Crippen LogP contribution in [0.5, 0.6) is 11.5 Å². The predicted molar refractivity (Wildman–Crippen MR) is 85.7 cm³/mol. The van der Waals surface area contributed by atoms with Crippen molar-refractivity contribution in [2.45, 2.75) is 0 Å². The standard InChI is InChI=1S/C16H15ClN2O3/c1-21-13-6-8-14(9-7-13)22-11-16(20)19-18-10-12-4-2-3-5-15(12)17/h2-10H,11H2,1H3,(H,19,20). The van der Waals surface area contributed by atoms with Crippen molar-refractivity contribution in [1.29, 1.82) is 0 Å². The first-order valence-electron chi connectivity index (χ1n) is 6.52. The molecular weight excluding hydrogens is 304 g/mol. The van der Waals surface area contributed by atoms with Gasteiger partial charge in [0.1, 0.15) is 11.5 Å². The number of carbonyl (C=O) groups excluding carboxylic acids is 1. The number of carbonyl (C=O) groups is 1. The number of benzene rings is 2. The molecule has 0 aromatic heterocycles. The van der Waals surface area contributed by atoms with E-state index in [1.807, 2.05) is 12.1 Å². The lowest BCUT2D eigenvalue weighted by atomic mass is 10.2. The fraction of sp³-hybridized carbons (Fsp3) is 0.125. The molecule has 6 heteroatoms. The molecule has 0 bridgehead atoms. The van der Waals surface area contributed by atoms with Crippen LogP contribution in [0.3, 0.4) is 0 Å². The van der Waals surface area contributed by atoms with Gasteiger partial charge in [-0.25, -0.2) is 5.43 Å². The number of nitrogens with one attached hydrogen (secondary N) is 1. The highest BCUT2D eigenvalue weighted by molar-refractivity contribution is 6.33. The molecule has 2 rings (SSSR count). The zero-order valence-electron chi connectivity index (χ0n) is 12.0. The molecule has 0 saturated carbocycles. The van der Waals surface area contributed by atoms with Gasteiger partial charge >= 0.3 is 0 Å². The van der Waals surface area contributed by atoms with E-state index in [9.17, 15) is 4.79 Å². The third-order valence-electron chi connectivity index (χ3n) is 2.73. The summed E-state index contributed by atoms with van der Waals surface area (Å²) in [4.78, 5) is 11.6. The van der Waals surface area contributed by atoms with Crippen molar-refractivity contribution in [3.8, 4) is 11.5 Å².